The maximum absolute atomic E-state index is 6.66. The Morgan fingerprint density at radius 1 is 0.646 bits per heavy atom. The second-order valence-electron chi connectivity index (χ2n) is 13.1. The number of fused-ring (bicyclic) bond motifs is 7. The highest BCUT2D eigenvalue weighted by Gasteiger charge is 2.42. The Labute approximate surface area is 279 Å². The minimum absolute atomic E-state index is 0.0483. The molecule has 0 saturated carbocycles. The summed E-state index contributed by atoms with van der Waals surface area (Å²) in [5.74, 6) is 1.24. The fourth-order valence-electron chi connectivity index (χ4n) is 8.12. The van der Waals surface area contributed by atoms with Gasteiger partial charge in [0.05, 0.1) is 34.3 Å². The van der Waals surface area contributed by atoms with E-state index in [9.17, 15) is 0 Å². The van der Waals surface area contributed by atoms with Gasteiger partial charge in [0, 0.05) is 44.6 Å². The standard InChI is InChI=1S/C44H33N3O/c1-2-12-28(13-3-1)42-36-18-4-7-21-38(36)45-44(46-42)30-14-10-15-31(26-30)47-39-22-8-5-16-33(39)37-27-29(24-25-40(37)47)32-19-11-20-35-34-17-6-9-23-41(34)48-43(32)35/h1-3,5-6,8-27,32,34,41,43H,4,7H2. The van der Waals surface area contributed by atoms with E-state index < -0.39 is 0 Å². The minimum atomic E-state index is 0.0483. The number of nitrogens with zero attached hydrogens (tertiary/aromatic N) is 3. The van der Waals surface area contributed by atoms with Crippen LogP contribution in [-0.2, 0) is 4.74 Å². The van der Waals surface area contributed by atoms with Gasteiger partial charge in [0.2, 0.25) is 0 Å². The number of rotatable bonds is 4. The van der Waals surface area contributed by atoms with Crippen molar-refractivity contribution in [1.82, 2.24) is 14.5 Å². The number of ether oxygens (including phenoxy) is 1. The van der Waals surface area contributed by atoms with Gasteiger partial charge in [0.25, 0.3) is 0 Å². The van der Waals surface area contributed by atoms with Gasteiger partial charge in [-0.15, -0.1) is 0 Å². The number of hydrogen-bond acceptors (Lipinski definition) is 3. The molecule has 3 aliphatic carbocycles. The van der Waals surface area contributed by atoms with Crippen molar-refractivity contribution in [3.63, 3.8) is 0 Å². The van der Waals surface area contributed by atoms with Crippen LogP contribution in [0.5, 0.6) is 0 Å². The van der Waals surface area contributed by atoms with Crippen molar-refractivity contribution in [2.45, 2.75) is 31.0 Å². The molecule has 10 rings (SSSR count). The Bertz CT molecular complexity index is 2520. The zero-order chi connectivity index (χ0) is 31.6. The number of hydrogen-bond donors (Lipinski definition) is 0. The molecule has 4 aliphatic rings. The topological polar surface area (TPSA) is 39.9 Å². The largest absolute Gasteiger partial charge is 0.365 e. The summed E-state index contributed by atoms with van der Waals surface area (Å²) in [6, 6.07) is 34.9. The molecule has 4 nitrogen and oxygen atoms in total. The first-order chi connectivity index (χ1) is 23.8. The lowest BCUT2D eigenvalue weighted by molar-refractivity contribution is 0.0642. The van der Waals surface area contributed by atoms with E-state index in [0.29, 0.717) is 5.92 Å². The molecule has 2 aromatic heterocycles. The summed E-state index contributed by atoms with van der Waals surface area (Å²) in [5.41, 5.74) is 9.22. The molecule has 1 saturated heterocycles. The molecule has 4 aromatic carbocycles. The Kier molecular flexibility index (Phi) is 6.31. The van der Waals surface area contributed by atoms with E-state index in [-0.39, 0.29) is 18.1 Å². The maximum atomic E-state index is 6.66. The van der Waals surface area contributed by atoms with Crippen molar-refractivity contribution in [2.75, 3.05) is 0 Å². The molecule has 0 bridgehead atoms. The highest BCUT2D eigenvalue weighted by atomic mass is 16.5. The van der Waals surface area contributed by atoms with Crippen LogP contribution in [0.2, 0.25) is 0 Å². The van der Waals surface area contributed by atoms with Gasteiger partial charge in [-0.3, -0.25) is 0 Å². The summed E-state index contributed by atoms with van der Waals surface area (Å²) in [6.07, 6.45) is 22.2. The molecule has 0 radical (unpaired) electrons. The predicted octanol–water partition coefficient (Wildman–Crippen LogP) is 8.35. The van der Waals surface area contributed by atoms with Gasteiger partial charge in [-0.1, -0.05) is 121 Å². The van der Waals surface area contributed by atoms with E-state index in [2.05, 4.69) is 156 Å². The SMILES string of the molecule is C1=CC2OC3C(=CC=CC3c3ccc4c(c3)c3ccccc3n4-c3cccc(-c4nc(-c5ccccc5)c5c(n4)=CCCC=5)c3)C2C=C1. The summed E-state index contributed by atoms with van der Waals surface area (Å²) in [7, 11) is 0. The van der Waals surface area contributed by atoms with Crippen LogP contribution in [0.3, 0.4) is 0 Å². The van der Waals surface area contributed by atoms with E-state index >= 15 is 0 Å². The van der Waals surface area contributed by atoms with Crippen LogP contribution >= 0.6 is 0 Å². The maximum Gasteiger partial charge on any atom is 0.160 e. The lowest BCUT2D eigenvalue weighted by Gasteiger charge is -2.25. The zero-order valence-corrected chi connectivity index (χ0v) is 26.4. The lowest BCUT2D eigenvalue weighted by atomic mass is 9.80. The van der Waals surface area contributed by atoms with Crippen LogP contribution in [0, 0.1) is 5.92 Å². The highest BCUT2D eigenvalue weighted by molar-refractivity contribution is 6.09. The normalized spacial score (nSPS) is 22.1. The summed E-state index contributed by atoms with van der Waals surface area (Å²) in [6.45, 7) is 0. The molecule has 48 heavy (non-hydrogen) atoms. The number of aromatic nitrogens is 3. The van der Waals surface area contributed by atoms with Gasteiger partial charge < -0.3 is 9.30 Å². The van der Waals surface area contributed by atoms with Crippen molar-refractivity contribution < 1.29 is 4.74 Å². The third kappa shape index (κ3) is 4.33. The Balaban J connectivity index is 1.09. The molecule has 0 spiro atoms. The quantitative estimate of drug-likeness (QED) is 0.199. The van der Waals surface area contributed by atoms with E-state index in [4.69, 9.17) is 14.7 Å². The molecule has 0 N–H and O–H groups in total. The molecule has 1 aliphatic heterocycles. The molecule has 6 aromatic rings. The fraction of sp³-hybridized carbons (Fsp3) is 0.136. The third-order valence-electron chi connectivity index (χ3n) is 10.4. The van der Waals surface area contributed by atoms with Crippen LogP contribution in [-0.4, -0.2) is 26.7 Å². The van der Waals surface area contributed by atoms with Gasteiger partial charge in [-0.2, -0.15) is 0 Å². The molecule has 4 unspecified atom stereocenters. The molecule has 1 fully saturated rings. The number of benzene rings is 4. The summed E-state index contributed by atoms with van der Waals surface area (Å²) < 4.78 is 9.04. The monoisotopic (exact) mass is 619 g/mol. The molecule has 3 heterocycles. The summed E-state index contributed by atoms with van der Waals surface area (Å²) >= 11 is 0. The number of para-hydroxylation sites is 1. The van der Waals surface area contributed by atoms with Gasteiger partial charge in [-0.05, 0) is 54.3 Å². The van der Waals surface area contributed by atoms with E-state index in [1.165, 1.54) is 32.9 Å². The second kappa shape index (κ2) is 11.0. The third-order valence-corrected chi connectivity index (χ3v) is 10.4. The van der Waals surface area contributed by atoms with Crippen molar-refractivity contribution in [3.05, 3.63) is 161 Å². The number of allylic oxidation sites excluding steroid dienone is 4. The fourth-order valence-corrected chi connectivity index (χ4v) is 8.12. The average Bonchev–Trinajstić information content (AvgIpc) is 3.70. The molecule has 4 heteroatoms. The molecular weight excluding hydrogens is 587 g/mol. The van der Waals surface area contributed by atoms with Crippen LogP contribution in [0.25, 0.3) is 62.3 Å². The first-order valence-electron chi connectivity index (χ1n) is 17.0. The first-order valence-corrected chi connectivity index (χ1v) is 17.0. The van der Waals surface area contributed by atoms with Crippen molar-refractivity contribution in [2.24, 2.45) is 5.92 Å². The predicted molar refractivity (Wildman–Crippen MR) is 195 cm³/mol. The van der Waals surface area contributed by atoms with Crippen LogP contribution in [0.1, 0.15) is 24.3 Å². The molecular formula is C44H33N3O. The molecule has 230 valence electrons. The van der Waals surface area contributed by atoms with Crippen molar-refractivity contribution in [1.29, 1.82) is 0 Å². The van der Waals surface area contributed by atoms with Crippen LogP contribution < -0.4 is 10.6 Å². The van der Waals surface area contributed by atoms with E-state index in [1.54, 1.807) is 0 Å². The van der Waals surface area contributed by atoms with Crippen LogP contribution in [0.15, 0.2) is 145 Å². The Morgan fingerprint density at radius 2 is 1.46 bits per heavy atom. The van der Waals surface area contributed by atoms with Gasteiger partial charge in [-0.25, -0.2) is 9.97 Å². The second-order valence-corrected chi connectivity index (χ2v) is 13.1. The lowest BCUT2D eigenvalue weighted by Crippen LogP contribution is -2.33. The molecule has 0 amide bonds. The Morgan fingerprint density at radius 3 is 2.42 bits per heavy atom. The minimum Gasteiger partial charge on any atom is -0.365 e. The highest BCUT2D eigenvalue weighted by Crippen LogP contribution is 2.45. The summed E-state index contributed by atoms with van der Waals surface area (Å²) in [4.78, 5) is 10.3. The first kappa shape index (κ1) is 27.5. The Hall–Kier alpha value is -5.58. The van der Waals surface area contributed by atoms with Crippen molar-refractivity contribution in [3.8, 4) is 28.3 Å². The van der Waals surface area contributed by atoms with E-state index in [0.717, 1.165) is 51.7 Å². The van der Waals surface area contributed by atoms with E-state index in [1.807, 2.05) is 0 Å². The average molecular weight is 620 g/mol. The van der Waals surface area contributed by atoms with Gasteiger partial charge in [0.1, 0.15) is 0 Å². The van der Waals surface area contributed by atoms with Gasteiger partial charge >= 0.3 is 0 Å². The molecule has 4 atom stereocenters. The zero-order valence-electron chi connectivity index (χ0n) is 26.4. The van der Waals surface area contributed by atoms with Gasteiger partial charge in [0.15, 0.2) is 5.82 Å². The van der Waals surface area contributed by atoms with Crippen molar-refractivity contribution >= 4 is 34.0 Å². The summed E-state index contributed by atoms with van der Waals surface area (Å²) in [5, 5.41) is 4.64. The van der Waals surface area contributed by atoms with Crippen LogP contribution in [0.4, 0.5) is 0 Å². The smallest absolute Gasteiger partial charge is 0.160 e.